The van der Waals surface area contributed by atoms with E-state index in [2.05, 4.69) is 10.8 Å². The number of benzene rings is 1. The van der Waals surface area contributed by atoms with Crippen LogP contribution in [0.1, 0.15) is 45.6 Å². The third-order valence-corrected chi connectivity index (χ3v) is 5.11. The summed E-state index contributed by atoms with van der Waals surface area (Å²) in [6.45, 7) is 6.68. The molecule has 1 aromatic rings. The zero-order chi connectivity index (χ0) is 23.1. The molecule has 2 aliphatic rings. The summed E-state index contributed by atoms with van der Waals surface area (Å²) in [6.07, 6.45) is 1.14. The average molecular weight is 449 g/mol. The maximum Gasteiger partial charge on any atom is 0.407 e. The summed E-state index contributed by atoms with van der Waals surface area (Å²) in [6, 6.07) is 8.66. The molecular weight excluding hydrogens is 416 g/mol. The Kier molecular flexibility index (Phi) is 7.92. The lowest BCUT2D eigenvalue weighted by Gasteiger charge is -2.28. The minimum atomic E-state index is -0.599. The fraction of sp³-hybridized carbons (Fsp3) is 0.591. The summed E-state index contributed by atoms with van der Waals surface area (Å²) in [5.41, 5.74) is 3.01. The van der Waals surface area contributed by atoms with Crippen LogP contribution in [0.4, 0.5) is 9.59 Å². The number of fused-ring (bicyclic) bond motifs is 2. The monoisotopic (exact) mass is 448 g/mol. The van der Waals surface area contributed by atoms with Gasteiger partial charge in [0.05, 0.1) is 19.3 Å². The summed E-state index contributed by atoms with van der Waals surface area (Å²) in [7, 11) is 0. The zero-order valence-electron chi connectivity index (χ0n) is 18.8. The predicted octanol–water partition coefficient (Wildman–Crippen LogP) is 2.35. The van der Waals surface area contributed by atoms with Crippen molar-refractivity contribution in [2.45, 2.75) is 64.3 Å². The highest BCUT2D eigenvalue weighted by molar-refractivity contribution is 5.88. The maximum atomic E-state index is 12.8. The van der Waals surface area contributed by atoms with Crippen LogP contribution in [0.25, 0.3) is 0 Å². The fourth-order valence-electron chi connectivity index (χ4n) is 3.62. The molecule has 3 rings (SSSR count). The van der Waals surface area contributed by atoms with Crippen molar-refractivity contribution < 1.29 is 28.8 Å². The van der Waals surface area contributed by atoms with Crippen molar-refractivity contribution in [3.05, 3.63) is 35.9 Å². The Morgan fingerprint density at radius 2 is 1.88 bits per heavy atom. The number of rotatable bonds is 9. The van der Waals surface area contributed by atoms with Crippen LogP contribution in [0.2, 0.25) is 0 Å². The molecule has 0 unspecified atom stereocenters. The van der Waals surface area contributed by atoms with E-state index < -0.39 is 12.1 Å². The van der Waals surface area contributed by atoms with Crippen LogP contribution >= 0.6 is 0 Å². The SMILES string of the molecule is CC(C)(C)NC(=O)OCCCONC(=O)[C@@H]1CC[C@@H]2CN1C(=O)N2OCc1ccccc1. The highest BCUT2D eigenvalue weighted by Crippen LogP contribution is 2.30. The van der Waals surface area contributed by atoms with Gasteiger partial charge in [-0.05, 0) is 39.2 Å². The van der Waals surface area contributed by atoms with Crippen LogP contribution in [0, 0.1) is 0 Å². The topological polar surface area (TPSA) is 109 Å². The number of urea groups is 1. The van der Waals surface area contributed by atoms with Crippen LogP contribution in [0.15, 0.2) is 30.3 Å². The fourth-order valence-corrected chi connectivity index (χ4v) is 3.62. The number of hydroxylamine groups is 3. The molecule has 0 radical (unpaired) electrons. The summed E-state index contributed by atoms with van der Waals surface area (Å²) in [4.78, 5) is 49.3. The molecule has 32 heavy (non-hydrogen) atoms. The van der Waals surface area contributed by atoms with E-state index in [-0.39, 0.29) is 36.7 Å². The smallest absolute Gasteiger partial charge is 0.407 e. The van der Waals surface area contributed by atoms with E-state index in [0.29, 0.717) is 32.4 Å². The molecule has 0 spiro atoms. The van der Waals surface area contributed by atoms with Gasteiger partial charge in [0.15, 0.2) is 0 Å². The van der Waals surface area contributed by atoms with E-state index in [1.54, 1.807) is 0 Å². The summed E-state index contributed by atoms with van der Waals surface area (Å²) >= 11 is 0. The molecule has 2 atom stereocenters. The average Bonchev–Trinajstić information content (AvgIpc) is 2.98. The van der Waals surface area contributed by atoms with Gasteiger partial charge in [0.2, 0.25) is 0 Å². The lowest BCUT2D eigenvalue weighted by molar-refractivity contribution is -0.141. The van der Waals surface area contributed by atoms with Crippen LogP contribution in [-0.4, -0.2) is 65.4 Å². The Morgan fingerprint density at radius 1 is 1.12 bits per heavy atom. The molecule has 4 amide bonds. The van der Waals surface area contributed by atoms with Crippen molar-refractivity contribution in [1.29, 1.82) is 0 Å². The van der Waals surface area contributed by atoms with Crippen molar-refractivity contribution in [1.82, 2.24) is 20.8 Å². The molecular formula is C22H32N4O6. The lowest BCUT2D eigenvalue weighted by atomic mass is 10.0. The quantitative estimate of drug-likeness (QED) is 0.443. The van der Waals surface area contributed by atoms with Crippen molar-refractivity contribution in [2.24, 2.45) is 0 Å². The highest BCUT2D eigenvalue weighted by atomic mass is 16.7. The second kappa shape index (κ2) is 10.6. The number of amides is 4. The minimum absolute atomic E-state index is 0.0624. The molecule has 0 aliphatic carbocycles. The van der Waals surface area contributed by atoms with Gasteiger partial charge in [0.25, 0.3) is 5.91 Å². The Balaban J connectivity index is 1.36. The molecule has 2 heterocycles. The number of alkyl carbamates (subject to hydrolysis) is 1. The highest BCUT2D eigenvalue weighted by Gasteiger charge is 2.48. The van der Waals surface area contributed by atoms with Gasteiger partial charge >= 0.3 is 12.1 Å². The first-order valence-corrected chi connectivity index (χ1v) is 10.9. The second-order valence-corrected chi connectivity index (χ2v) is 8.95. The van der Waals surface area contributed by atoms with Crippen molar-refractivity contribution in [2.75, 3.05) is 19.8 Å². The third kappa shape index (κ3) is 6.57. The van der Waals surface area contributed by atoms with E-state index in [0.717, 1.165) is 5.56 Å². The maximum absolute atomic E-state index is 12.8. The van der Waals surface area contributed by atoms with Gasteiger partial charge in [-0.25, -0.2) is 15.1 Å². The molecule has 0 aromatic heterocycles. The van der Waals surface area contributed by atoms with Crippen molar-refractivity contribution >= 4 is 18.0 Å². The van der Waals surface area contributed by atoms with Gasteiger partial charge in [-0.15, -0.1) is 0 Å². The first-order valence-electron chi connectivity index (χ1n) is 10.9. The van der Waals surface area contributed by atoms with Crippen molar-refractivity contribution in [3.8, 4) is 0 Å². The van der Waals surface area contributed by atoms with Gasteiger partial charge in [-0.1, -0.05) is 30.3 Å². The summed E-state index contributed by atoms with van der Waals surface area (Å²) in [5.74, 6) is -0.367. The van der Waals surface area contributed by atoms with Crippen LogP contribution in [0.3, 0.4) is 0 Å². The Labute approximate surface area is 188 Å². The van der Waals surface area contributed by atoms with Crippen LogP contribution < -0.4 is 10.8 Å². The molecule has 10 nitrogen and oxygen atoms in total. The normalized spacial score (nSPS) is 20.3. The van der Waals surface area contributed by atoms with Gasteiger partial charge in [0.1, 0.15) is 12.6 Å². The molecule has 0 saturated carbocycles. The predicted molar refractivity (Wildman–Crippen MR) is 115 cm³/mol. The van der Waals surface area contributed by atoms with Crippen molar-refractivity contribution in [3.63, 3.8) is 0 Å². The number of nitrogens with one attached hydrogen (secondary N) is 2. The lowest BCUT2D eigenvalue weighted by Crippen LogP contribution is -2.49. The number of carbonyl (C=O) groups is 3. The third-order valence-electron chi connectivity index (χ3n) is 5.11. The van der Waals surface area contributed by atoms with Gasteiger partial charge < -0.3 is 15.0 Å². The van der Waals surface area contributed by atoms with E-state index in [1.165, 1.54) is 9.96 Å². The Bertz CT molecular complexity index is 797. The molecule has 2 aliphatic heterocycles. The number of hydrogen-bond acceptors (Lipinski definition) is 6. The molecule has 2 N–H and O–H groups in total. The second-order valence-electron chi connectivity index (χ2n) is 8.95. The van der Waals surface area contributed by atoms with Crippen LogP contribution in [0.5, 0.6) is 0 Å². The molecule has 176 valence electrons. The number of piperidine rings is 1. The first-order chi connectivity index (χ1) is 15.2. The summed E-state index contributed by atoms with van der Waals surface area (Å²) < 4.78 is 5.05. The van der Waals surface area contributed by atoms with Gasteiger partial charge in [-0.2, -0.15) is 5.06 Å². The molecule has 1 aromatic carbocycles. The Hall–Kier alpha value is -2.85. The number of hydrogen-bond donors (Lipinski definition) is 2. The zero-order valence-corrected chi connectivity index (χ0v) is 18.8. The first kappa shape index (κ1) is 23.8. The van der Waals surface area contributed by atoms with Gasteiger partial charge in [0, 0.05) is 18.5 Å². The Morgan fingerprint density at radius 3 is 2.59 bits per heavy atom. The molecule has 10 heteroatoms. The van der Waals surface area contributed by atoms with Gasteiger partial charge in [-0.3, -0.25) is 14.5 Å². The number of carbonyl (C=O) groups excluding carboxylic acids is 3. The standard InChI is InChI=1S/C22H32N4O6/c1-22(2,3)23-20(28)30-12-7-13-31-24-19(27)18-11-10-17-14-25(18)21(29)26(17)32-15-16-8-5-4-6-9-16/h4-6,8-9,17-18H,7,10-15H2,1-3H3,(H,23,28)(H,24,27)/t17-,18+/m1/s1. The number of nitrogens with zero attached hydrogens (tertiary/aromatic N) is 2. The summed E-state index contributed by atoms with van der Waals surface area (Å²) in [5, 5.41) is 4.08. The van der Waals surface area contributed by atoms with E-state index in [9.17, 15) is 14.4 Å². The molecule has 2 saturated heterocycles. The minimum Gasteiger partial charge on any atom is -0.449 e. The largest absolute Gasteiger partial charge is 0.449 e. The van der Waals surface area contributed by atoms with E-state index in [4.69, 9.17) is 14.4 Å². The van der Waals surface area contributed by atoms with Crippen LogP contribution in [-0.2, 0) is 25.8 Å². The van der Waals surface area contributed by atoms with E-state index in [1.807, 2.05) is 51.1 Å². The molecule has 2 fully saturated rings. The molecule has 2 bridgehead atoms. The van der Waals surface area contributed by atoms with E-state index >= 15 is 0 Å². The number of ether oxygens (including phenoxy) is 1.